The van der Waals surface area contributed by atoms with E-state index in [-0.39, 0.29) is 6.04 Å². The van der Waals surface area contributed by atoms with Crippen LogP contribution in [0.3, 0.4) is 0 Å². The molecule has 1 rings (SSSR count). The molecular weight excluding hydrogens is 172 g/mol. The second kappa shape index (κ2) is 4.95. The van der Waals surface area contributed by atoms with E-state index in [1.165, 1.54) is 18.8 Å². The lowest BCUT2D eigenvalue weighted by molar-refractivity contribution is 0.442. The van der Waals surface area contributed by atoms with E-state index in [0.717, 1.165) is 0 Å². The number of allylic oxidation sites excluding steroid dienone is 1. The Morgan fingerprint density at radius 1 is 1.64 bits per heavy atom. The predicted octanol–water partition coefficient (Wildman–Crippen LogP) is 2.92. The fourth-order valence-electron chi connectivity index (χ4n) is 1.92. The highest BCUT2D eigenvalue weighted by atomic mass is 14.8. The van der Waals surface area contributed by atoms with E-state index < -0.39 is 0 Å². The number of aliphatic imine (C=N–C) groups is 1. The predicted molar refractivity (Wildman–Crippen MR) is 59.0 cm³/mol. The first-order valence-corrected chi connectivity index (χ1v) is 5.17. The lowest BCUT2D eigenvalue weighted by Crippen LogP contribution is -2.24. The molecule has 0 fully saturated rings. The van der Waals surface area contributed by atoms with Crippen molar-refractivity contribution in [1.82, 2.24) is 0 Å². The molecule has 2 nitrogen and oxygen atoms in total. The van der Waals surface area contributed by atoms with Gasteiger partial charge in [-0.15, -0.1) is 0 Å². The molecule has 1 aliphatic rings. The molecule has 0 spiro atoms. The van der Waals surface area contributed by atoms with Crippen molar-refractivity contribution in [3.05, 3.63) is 17.6 Å². The SMILES string of the molecule is CCCC(C)C1N=CC(C#N)=C[C]1C. The second-order valence-corrected chi connectivity index (χ2v) is 3.94. The third-order valence-corrected chi connectivity index (χ3v) is 2.64. The van der Waals surface area contributed by atoms with E-state index in [4.69, 9.17) is 5.26 Å². The Balaban J connectivity index is 2.65. The van der Waals surface area contributed by atoms with Gasteiger partial charge in [-0.1, -0.05) is 33.3 Å². The van der Waals surface area contributed by atoms with Gasteiger partial charge in [-0.2, -0.15) is 5.26 Å². The Morgan fingerprint density at radius 3 is 2.86 bits per heavy atom. The quantitative estimate of drug-likeness (QED) is 0.672. The average Bonchev–Trinajstić information content (AvgIpc) is 2.17. The Labute approximate surface area is 86.3 Å². The maximum Gasteiger partial charge on any atom is 0.100 e. The molecule has 2 atom stereocenters. The molecule has 2 unspecified atom stereocenters. The van der Waals surface area contributed by atoms with Crippen LogP contribution < -0.4 is 0 Å². The summed E-state index contributed by atoms with van der Waals surface area (Å²) in [5.41, 5.74) is 0.669. The van der Waals surface area contributed by atoms with Gasteiger partial charge in [0.2, 0.25) is 0 Å². The minimum atomic E-state index is 0.284. The Bertz CT molecular complexity index is 283. The molecule has 1 radical (unpaired) electrons. The summed E-state index contributed by atoms with van der Waals surface area (Å²) in [6.07, 6.45) is 6.03. The minimum absolute atomic E-state index is 0.284. The lowest BCUT2D eigenvalue weighted by atomic mass is 9.86. The summed E-state index contributed by atoms with van der Waals surface area (Å²) < 4.78 is 0. The zero-order chi connectivity index (χ0) is 10.6. The standard InChI is InChI=1S/C12H17N2/c1-4-5-9(2)12-10(3)6-11(7-13)8-14-12/h6,8-9,12H,4-5H2,1-3H3. The molecule has 0 saturated carbocycles. The molecule has 1 aliphatic heterocycles. The minimum Gasteiger partial charge on any atom is -0.287 e. The van der Waals surface area contributed by atoms with Crippen molar-refractivity contribution in [2.75, 3.05) is 0 Å². The van der Waals surface area contributed by atoms with Crippen LogP contribution >= 0.6 is 0 Å². The summed E-state index contributed by atoms with van der Waals surface area (Å²) in [4.78, 5) is 4.43. The van der Waals surface area contributed by atoms with Crippen molar-refractivity contribution in [3.8, 4) is 6.07 Å². The number of hydrogen-bond donors (Lipinski definition) is 0. The maximum atomic E-state index is 8.71. The lowest BCUT2D eigenvalue weighted by Gasteiger charge is -2.25. The van der Waals surface area contributed by atoms with Gasteiger partial charge in [0.15, 0.2) is 0 Å². The highest BCUT2D eigenvalue weighted by Crippen LogP contribution is 2.26. The van der Waals surface area contributed by atoms with Gasteiger partial charge in [-0.25, -0.2) is 0 Å². The molecule has 14 heavy (non-hydrogen) atoms. The Hall–Kier alpha value is -1.10. The van der Waals surface area contributed by atoms with Crippen LogP contribution in [0.2, 0.25) is 0 Å². The Morgan fingerprint density at radius 2 is 2.36 bits per heavy atom. The van der Waals surface area contributed by atoms with E-state index in [1.807, 2.05) is 6.08 Å². The Kier molecular flexibility index (Phi) is 3.88. The van der Waals surface area contributed by atoms with Crippen molar-refractivity contribution in [2.45, 2.75) is 39.7 Å². The number of nitriles is 1. The highest BCUT2D eigenvalue weighted by Gasteiger charge is 2.23. The molecule has 1 heterocycles. The monoisotopic (exact) mass is 189 g/mol. The molecule has 0 aliphatic carbocycles. The van der Waals surface area contributed by atoms with E-state index in [1.54, 1.807) is 6.21 Å². The van der Waals surface area contributed by atoms with E-state index in [9.17, 15) is 0 Å². The van der Waals surface area contributed by atoms with Crippen LogP contribution in [0.15, 0.2) is 16.6 Å². The van der Waals surface area contributed by atoms with Crippen LogP contribution in [0.5, 0.6) is 0 Å². The highest BCUT2D eigenvalue weighted by molar-refractivity contribution is 5.85. The first-order valence-electron chi connectivity index (χ1n) is 5.17. The van der Waals surface area contributed by atoms with Gasteiger partial charge in [0.25, 0.3) is 0 Å². The third kappa shape index (κ3) is 2.45. The van der Waals surface area contributed by atoms with Gasteiger partial charge < -0.3 is 0 Å². The molecule has 0 N–H and O–H groups in total. The number of rotatable bonds is 3. The van der Waals surface area contributed by atoms with Crippen molar-refractivity contribution in [3.63, 3.8) is 0 Å². The summed E-state index contributed by atoms with van der Waals surface area (Å²) in [5, 5.41) is 8.71. The first-order chi connectivity index (χ1) is 6.69. The van der Waals surface area contributed by atoms with Crippen LogP contribution in [0.1, 0.15) is 33.6 Å². The van der Waals surface area contributed by atoms with Crippen LogP contribution in [-0.2, 0) is 0 Å². The smallest absolute Gasteiger partial charge is 0.100 e. The van der Waals surface area contributed by atoms with Crippen LogP contribution in [0, 0.1) is 23.2 Å². The zero-order valence-electron chi connectivity index (χ0n) is 9.12. The second-order valence-electron chi connectivity index (χ2n) is 3.94. The number of dihydropyridines is 1. The molecule has 0 amide bonds. The van der Waals surface area contributed by atoms with Gasteiger partial charge in [-0.05, 0) is 12.3 Å². The van der Waals surface area contributed by atoms with E-state index in [2.05, 4.69) is 31.8 Å². The molecule has 0 aromatic rings. The number of hydrogen-bond acceptors (Lipinski definition) is 2. The fraction of sp³-hybridized carbons (Fsp3) is 0.583. The summed E-state index contributed by atoms with van der Waals surface area (Å²) in [7, 11) is 0. The van der Waals surface area contributed by atoms with Crippen molar-refractivity contribution >= 4 is 6.21 Å². The topological polar surface area (TPSA) is 36.1 Å². The van der Waals surface area contributed by atoms with E-state index >= 15 is 0 Å². The summed E-state index contributed by atoms with van der Waals surface area (Å²) in [6.45, 7) is 6.47. The zero-order valence-corrected chi connectivity index (χ0v) is 9.12. The molecule has 0 aromatic carbocycles. The van der Waals surface area contributed by atoms with Gasteiger partial charge in [0.1, 0.15) is 6.07 Å². The summed E-state index contributed by atoms with van der Waals surface area (Å²) in [6, 6.07) is 2.40. The molecule has 75 valence electrons. The first kappa shape index (κ1) is 11.0. The van der Waals surface area contributed by atoms with Crippen LogP contribution in [-0.4, -0.2) is 12.3 Å². The van der Waals surface area contributed by atoms with Crippen LogP contribution in [0.4, 0.5) is 0 Å². The van der Waals surface area contributed by atoms with Crippen molar-refractivity contribution < 1.29 is 0 Å². The van der Waals surface area contributed by atoms with E-state index in [0.29, 0.717) is 11.5 Å². The van der Waals surface area contributed by atoms with Gasteiger partial charge in [0, 0.05) is 12.1 Å². The molecule has 0 aromatic heterocycles. The number of nitrogens with zero attached hydrogens (tertiary/aromatic N) is 2. The molecule has 0 bridgehead atoms. The molecule has 0 saturated heterocycles. The van der Waals surface area contributed by atoms with Crippen LogP contribution in [0.25, 0.3) is 0 Å². The molecule has 2 heteroatoms. The summed E-state index contributed by atoms with van der Waals surface area (Å²) in [5.74, 6) is 1.79. The summed E-state index contributed by atoms with van der Waals surface area (Å²) >= 11 is 0. The van der Waals surface area contributed by atoms with Gasteiger partial charge in [0.05, 0.1) is 11.6 Å². The largest absolute Gasteiger partial charge is 0.287 e. The van der Waals surface area contributed by atoms with Crippen molar-refractivity contribution in [2.24, 2.45) is 10.9 Å². The fourth-order valence-corrected chi connectivity index (χ4v) is 1.92. The maximum absolute atomic E-state index is 8.71. The molecular formula is C12H17N2. The van der Waals surface area contributed by atoms with Gasteiger partial charge in [-0.3, -0.25) is 4.99 Å². The normalized spacial score (nSPS) is 24.1. The van der Waals surface area contributed by atoms with Crippen molar-refractivity contribution in [1.29, 1.82) is 5.26 Å². The third-order valence-electron chi connectivity index (χ3n) is 2.64. The average molecular weight is 189 g/mol. The van der Waals surface area contributed by atoms with Gasteiger partial charge >= 0.3 is 0 Å².